The van der Waals surface area contributed by atoms with E-state index < -0.39 is 0 Å². The summed E-state index contributed by atoms with van der Waals surface area (Å²) in [6.45, 7) is 4.81. The number of aromatic nitrogens is 1. The van der Waals surface area contributed by atoms with Gasteiger partial charge in [-0.15, -0.1) is 0 Å². The third-order valence-electron chi connectivity index (χ3n) is 2.37. The minimum atomic E-state index is 0.423. The second-order valence-electron chi connectivity index (χ2n) is 3.89. The molecule has 0 unspecified atom stereocenters. The van der Waals surface area contributed by atoms with Crippen LogP contribution in [0.4, 0.5) is 0 Å². The van der Waals surface area contributed by atoms with Crippen molar-refractivity contribution < 1.29 is 4.74 Å². The largest absolute Gasteiger partial charge is 0.472 e. The first-order chi connectivity index (χ1) is 7.79. The van der Waals surface area contributed by atoms with E-state index in [4.69, 9.17) is 16.3 Å². The molecule has 1 heterocycles. The minimum Gasteiger partial charge on any atom is -0.472 e. The number of ether oxygens (including phenoxy) is 1. The lowest BCUT2D eigenvalue weighted by Crippen LogP contribution is -2.15. The number of nitrogens with one attached hydrogen (secondary N) is 1. The summed E-state index contributed by atoms with van der Waals surface area (Å²) < 4.78 is 5.30. The molecule has 1 fully saturated rings. The van der Waals surface area contributed by atoms with Gasteiger partial charge in [0.15, 0.2) is 0 Å². The van der Waals surface area contributed by atoms with Crippen molar-refractivity contribution >= 4 is 11.6 Å². The lowest BCUT2D eigenvalue weighted by molar-refractivity contribution is 0.348. The highest BCUT2D eigenvalue weighted by molar-refractivity contribution is 6.31. The van der Waals surface area contributed by atoms with Crippen LogP contribution in [-0.4, -0.2) is 17.6 Å². The summed E-state index contributed by atoms with van der Waals surface area (Å²) >= 11 is 6.05. The third-order valence-corrected chi connectivity index (χ3v) is 2.64. The van der Waals surface area contributed by atoms with E-state index in [-0.39, 0.29) is 0 Å². The molecule has 1 saturated carbocycles. The van der Waals surface area contributed by atoms with E-state index in [1.165, 1.54) is 12.8 Å². The van der Waals surface area contributed by atoms with E-state index in [1.54, 1.807) is 12.3 Å². The predicted molar refractivity (Wildman–Crippen MR) is 64.8 cm³/mol. The quantitative estimate of drug-likeness (QED) is 0.774. The molecule has 1 aliphatic rings. The number of pyridine rings is 1. The molecule has 0 amide bonds. The van der Waals surface area contributed by atoms with Gasteiger partial charge in [-0.25, -0.2) is 4.98 Å². The smallest absolute Gasteiger partial charge is 0.232 e. The normalized spacial score (nSPS) is 14.8. The van der Waals surface area contributed by atoms with Crippen molar-refractivity contribution in [3.63, 3.8) is 0 Å². The Balaban J connectivity index is 1.94. The molecule has 4 heteroatoms. The standard InChI is InChI=1S/C12H15ClN2O/c1-2-5-16-12-11(13)6-9(8-15-12)7-14-10-3-4-10/h2,6,8,10,14H,1,3-5,7H2. The van der Waals surface area contributed by atoms with Gasteiger partial charge in [0.25, 0.3) is 0 Å². The molecule has 86 valence electrons. The van der Waals surface area contributed by atoms with Gasteiger partial charge in [-0.3, -0.25) is 0 Å². The molecule has 1 aromatic heterocycles. The number of rotatable bonds is 6. The molecule has 0 radical (unpaired) electrons. The van der Waals surface area contributed by atoms with Crippen molar-refractivity contribution in [3.8, 4) is 5.88 Å². The van der Waals surface area contributed by atoms with Crippen molar-refractivity contribution in [2.45, 2.75) is 25.4 Å². The Morgan fingerprint density at radius 2 is 2.44 bits per heavy atom. The fraction of sp³-hybridized carbons (Fsp3) is 0.417. The van der Waals surface area contributed by atoms with Gasteiger partial charge in [0.2, 0.25) is 5.88 Å². The molecule has 1 aliphatic carbocycles. The molecule has 0 aliphatic heterocycles. The fourth-order valence-corrected chi connectivity index (χ4v) is 1.60. The molecule has 3 nitrogen and oxygen atoms in total. The molecular formula is C12H15ClN2O. The summed E-state index contributed by atoms with van der Waals surface area (Å²) in [7, 11) is 0. The maximum absolute atomic E-state index is 6.05. The first-order valence-electron chi connectivity index (χ1n) is 5.41. The fourth-order valence-electron chi connectivity index (χ4n) is 1.36. The van der Waals surface area contributed by atoms with Gasteiger partial charge in [0, 0.05) is 18.8 Å². The van der Waals surface area contributed by atoms with E-state index in [0.717, 1.165) is 12.1 Å². The third kappa shape index (κ3) is 3.22. The van der Waals surface area contributed by atoms with Gasteiger partial charge in [0.05, 0.1) is 0 Å². The van der Waals surface area contributed by atoms with Gasteiger partial charge in [0.1, 0.15) is 11.6 Å². The summed E-state index contributed by atoms with van der Waals surface area (Å²) in [6, 6.07) is 2.58. The van der Waals surface area contributed by atoms with Crippen LogP contribution in [0.3, 0.4) is 0 Å². The van der Waals surface area contributed by atoms with Crippen LogP contribution in [-0.2, 0) is 6.54 Å². The van der Waals surface area contributed by atoms with Gasteiger partial charge in [-0.2, -0.15) is 0 Å². The van der Waals surface area contributed by atoms with Crippen LogP contribution in [0.1, 0.15) is 18.4 Å². The van der Waals surface area contributed by atoms with Crippen LogP contribution < -0.4 is 10.1 Å². The van der Waals surface area contributed by atoms with Crippen LogP contribution in [0.2, 0.25) is 5.02 Å². The molecule has 0 spiro atoms. The van der Waals surface area contributed by atoms with Crippen LogP contribution in [0.15, 0.2) is 24.9 Å². The molecule has 0 saturated heterocycles. The first kappa shape index (κ1) is 11.4. The van der Waals surface area contributed by atoms with Crippen molar-refractivity contribution in [2.75, 3.05) is 6.61 Å². The predicted octanol–water partition coefficient (Wildman–Crippen LogP) is 2.55. The highest BCUT2D eigenvalue weighted by atomic mass is 35.5. The lowest BCUT2D eigenvalue weighted by atomic mass is 10.3. The highest BCUT2D eigenvalue weighted by Crippen LogP contribution is 2.23. The van der Waals surface area contributed by atoms with E-state index in [2.05, 4.69) is 16.9 Å². The van der Waals surface area contributed by atoms with Crippen LogP contribution >= 0.6 is 11.6 Å². The summed E-state index contributed by atoms with van der Waals surface area (Å²) in [5.74, 6) is 0.469. The Morgan fingerprint density at radius 3 is 3.06 bits per heavy atom. The molecule has 16 heavy (non-hydrogen) atoms. The SMILES string of the molecule is C=CCOc1ncc(CNC2CC2)cc1Cl. The van der Waals surface area contributed by atoms with Crippen molar-refractivity contribution in [3.05, 3.63) is 35.5 Å². The average Bonchev–Trinajstić information content (AvgIpc) is 3.09. The molecule has 0 atom stereocenters. The highest BCUT2D eigenvalue weighted by Gasteiger charge is 2.20. The Labute approximate surface area is 100 Å². The second kappa shape index (κ2) is 5.32. The van der Waals surface area contributed by atoms with Gasteiger partial charge in [-0.1, -0.05) is 24.3 Å². The van der Waals surface area contributed by atoms with Crippen molar-refractivity contribution in [2.24, 2.45) is 0 Å². The van der Waals surface area contributed by atoms with E-state index >= 15 is 0 Å². The zero-order chi connectivity index (χ0) is 11.4. The topological polar surface area (TPSA) is 34.1 Å². The van der Waals surface area contributed by atoms with Crippen LogP contribution in [0.5, 0.6) is 5.88 Å². The summed E-state index contributed by atoms with van der Waals surface area (Å²) in [5.41, 5.74) is 1.09. The number of halogens is 1. The average molecular weight is 239 g/mol. The van der Waals surface area contributed by atoms with E-state index in [1.807, 2.05) is 6.07 Å². The first-order valence-corrected chi connectivity index (χ1v) is 5.79. The molecule has 1 N–H and O–H groups in total. The zero-order valence-electron chi connectivity index (χ0n) is 9.08. The van der Waals surface area contributed by atoms with Gasteiger partial charge in [-0.05, 0) is 24.5 Å². The summed E-state index contributed by atoms with van der Waals surface area (Å²) in [6.07, 6.45) is 6.02. The number of hydrogen-bond donors (Lipinski definition) is 1. The Morgan fingerprint density at radius 1 is 1.62 bits per heavy atom. The van der Waals surface area contributed by atoms with Gasteiger partial charge < -0.3 is 10.1 Å². The maximum Gasteiger partial charge on any atom is 0.232 e. The van der Waals surface area contributed by atoms with Crippen LogP contribution in [0.25, 0.3) is 0 Å². The number of hydrogen-bond acceptors (Lipinski definition) is 3. The maximum atomic E-state index is 6.05. The molecule has 2 rings (SSSR count). The Kier molecular flexibility index (Phi) is 3.80. The van der Waals surface area contributed by atoms with E-state index in [0.29, 0.717) is 23.6 Å². The minimum absolute atomic E-state index is 0.423. The van der Waals surface area contributed by atoms with E-state index in [9.17, 15) is 0 Å². The molecule has 0 aromatic carbocycles. The number of nitrogens with zero attached hydrogens (tertiary/aromatic N) is 1. The summed E-state index contributed by atoms with van der Waals surface area (Å²) in [4.78, 5) is 4.17. The summed E-state index contributed by atoms with van der Waals surface area (Å²) in [5, 5.41) is 3.96. The lowest BCUT2D eigenvalue weighted by Gasteiger charge is -2.07. The Hall–Kier alpha value is -1.06. The van der Waals surface area contributed by atoms with Crippen LogP contribution in [0, 0.1) is 0 Å². The monoisotopic (exact) mass is 238 g/mol. The Bertz CT molecular complexity index is 377. The van der Waals surface area contributed by atoms with Crippen molar-refractivity contribution in [1.29, 1.82) is 0 Å². The van der Waals surface area contributed by atoms with Crippen molar-refractivity contribution in [1.82, 2.24) is 10.3 Å². The molecule has 0 bridgehead atoms. The second-order valence-corrected chi connectivity index (χ2v) is 4.29. The zero-order valence-corrected chi connectivity index (χ0v) is 9.83. The van der Waals surface area contributed by atoms with Gasteiger partial charge >= 0.3 is 0 Å². The molecular weight excluding hydrogens is 224 g/mol. The molecule has 1 aromatic rings.